The van der Waals surface area contributed by atoms with Crippen molar-refractivity contribution in [2.45, 2.75) is 19.4 Å². The van der Waals surface area contributed by atoms with Crippen molar-refractivity contribution in [1.82, 2.24) is 0 Å². The Balaban J connectivity index is 0.000000404. The topological polar surface area (TPSA) is 18.0 Å². The molecule has 168 valence electrons. The molecule has 3 aromatic rings. The van der Waals surface area contributed by atoms with Crippen molar-refractivity contribution >= 4 is 14.5 Å². The standard InChI is InChI=1S/C19H19N2.2BF4/c1-2-5-17(6-3-1)7-4-14-21-15-10-19(11-16-21)18-8-12-20-13-9-18;2*2-1(3,4)5/h1-3,5-6,8-13,15-16H,4,7,14H2;;/q+1;2*-1/p+1. The predicted molar refractivity (Wildman–Crippen MR) is 104 cm³/mol. The summed E-state index contributed by atoms with van der Waals surface area (Å²) in [7, 11) is -12.0. The van der Waals surface area contributed by atoms with Gasteiger partial charge in [0.1, 0.15) is 6.54 Å². The molecule has 0 fully saturated rings. The largest absolute Gasteiger partial charge is 0.673 e. The maximum absolute atomic E-state index is 9.75. The predicted octanol–water partition coefficient (Wildman–Crippen LogP) is 5.69. The van der Waals surface area contributed by atoms with Crippen LogP contribution < -0.4 is 9.55 Å². The van der Waals surface area contributed by atoms with Crippen LogP contribution in [0.25, 0.3) is 11.1 Å². The van der Waals surface area contributed by atoms with E-state index < -0.39 is 14.5 Å². The van der Waals surface area contributed by atoms with Crippen LogP contribution in [0.3, 0.4) is 0 Å². The molecule has 1 aromatic carbocycles. The first kappa shape index (κ1) is 26.1. The van der Waals surface area contributed by atoms with Crippen molar-refractivity contribution in [2.24, 2.45) is 0 Å². The number of rotatable bonds is 5. The van der Waals surface area contributed by atoms with E-state index in [0.29, 0.717) is 0 Å². The summed E-state index contributed by atoms with van der Waals surface area (Å²) < 4.78 is 80.3. The molecule has 0 aliphatic rings. The molecule has 0 unspecified atom stereocenters. The highest BCUT2D eigenvalue weighted by atomic mass is 19.5. The first-order valence-electron chi connectivity index (χ1n) is 9.16. The average Bonchev–Trinajstić information content (AvgIpc) is 2.68. The van der Waals surface area contributed by atoms with Crippen LogP contribution in [0.15, 0.2) is 79.4 Å². The fourth-order valence-electron chi connectivity index (χ4n) is 2.49. The Labute approximate surface area is 174 Å². The summed E-state index contributed by atoms with van der Waals surface area (Å²) in [6, 6.07) is 19.2. The summed E-state index contributed by atoms with van der Waals surface area (Å²) in [5.41, 5.74) is 3.91. The fraction of sp³-hybridized carbons (Fsp3) is 0.158. The molecule has 12 heteroatoms. The summed E-state index contributed by atoms with van der Waals surface area (Å²) in [4.78, 5) is 3.05. The van der Waals surface area contributed by atoms with Crippen LogP contribution in [-0.2, 0) is 13.0 Å². The lowest BCUT2D eigenvalue weighted by molar-refractivity contribution is -0.697. The quantitative estimate of drug-likeness (QED) is 0.270. The zero-order valence-corrected chi connectivity index (χ0v) is 16.3. The van der Waals surface area contributed by atoms with E-state index in [-0.39, 0.29) is 0 Å². The number of nitrogens with one attached hydrogen (secondary N) is 1. The molecule has 31 heavy (non-hydrogen) atoms. The Kier molecular flexibility index (Phi) is 10.7. The molecule has 2 aromatic heterocycles. The minimum atomic E-state index is -6.00. The molecule has 0 saturated heterocycles. The Morgan fingerprint density at radius 1 is 0.645 bits per heavy atom. The number of aromatic amines is 1. The van der Waals surface area contributed by atoms with Gasteiger partial charge in [-0.1, -0.05) is 30.3 Å². The molecule has 0 aliphatic carbocycles. The van der Waals surface area contributed by atoms with Crippen LogP contribution in [-0.4, -0.2) is 14.5 Å². The third kappa shape index (κ3) is 15.6. The van der Waals surface area contributed by atoms with Crippen LogP contribution >= 0.6 is 0 Å². The van der Waals surface area contributed by atoms with Crippen molar-refractivity contribution in [3.05, 3.63) is 84.9 Å². The summed E-state index contributed by atoms with van der Waals surface area (Å²) in [6.07, 6.45) is 10.5. The molecule has 0 radical (unpaired) electrons. The Bertz CT molecular complexity index is 834. The van der Waals surface area contributed by atoms with E-state index in [1.165, 1.54) is 16.7 Å². The highest BCUT2D eigenvalue weighted by molar-refractivity contribution is 6.50. The minimum absolute atomic E-state index is 1.05. The maximum atomic E-state index is 9.75. The summed E-state index contributed by atoms with van der Waals surface area (Å²) in [6.45, 7) is 1.05. The van der Waals surface area contributed by atoms with Crippen molar-refractivity contribution in [3.8, 4) is 11.1 Å². The molecular weight excluding hydrogens is 430 g/mol. The fourth-order valence-corrected chi connectivity index (χ4v) is 2.49. The first-order chi connectivity index (χ1) is 14.4. The van der Waals surface area contributed by atoms with Gasteiger partial charge < -0.3 is 34.5 Å². The van der Waals surface area contributed by atoms with Crippen molar-refractivity contribution in [1.29, 1.82) is 0 Å². The van der Waals surface area contributed by atoms with Gasteiger partial charge in [0.05, 0.1) is 0 Å². The Morgan fingerprint density at radius 2 is 1.10 bits per heavy atom. The number of aromatic nitrogens is 2. The van der Waals surface area contributed by atoms with Gasteiger partial charge in [-0.25, -0.2) is 9.55 Å². The lowest BCUT2D eigenvalue weighted by Gasteiger charge is -2.01. The molecule has 2 nitrogen and oxygen atoms in total. The van der Waals surface area contributed by atoms with Gasteiger partial charge >= 0.3 is 14.5 Å². The number of aryl methyl sites for hydroxylation is 2. The molecule has 3 rings (SSSR count). The molecule has 1 N–H and O–H groups in total. The van der Waals surface area contributed by atoms with Crippen LogP contribution in [0.5, 0.6) is 0 Å². The molecule has 0 aliphatic heterocycles. The Hall–Kier alpha value is -2.91. The van der Waals surface area contributed by atoms with Gasteiger partial charge in [-0.2, -0.15) is 0 Å². The van der Waals surface area contributed by atoms with Gasteiger partial charge in [0.25, 0.3) is 0 Å². The van der Waals surface area contributed by atoms with Crippen molar-refractivity contribution < 1.29 is 44.1 Å². The molecule has 0 atom stereocenters. The molecular formula is C19H20B2F8N2. The van der Waals surface area contributed by atoms with E-state index >= 15 is 0 Å². The lowest BCUT2D eigenvalue weighted by Crippen LogP contribution is -2.32. The second-order valence-electron chi connectivity index (χ2n) is 6.19. The molecule has 0 spiro atoms. The van der Waals surface area contributed by atoms with Crippen molar-refractivity contribution in [3.63, 3.8) is 0 Å². The average molecular weight is 450 g/mol. The van der Waals surface area contributed by atoms with Gasteiger partial charge in [-0.15, -0.1) is 0 Å². The van der Waals surface area contributed by atoms with Crippen LogP contribution in [0, 0.1) is 0 Å². The van der Waals surface area contributed by atoms with Crippen molar-refractivity contribution in [2.75, 3.05) is 0 Å². The third-order valence-corrected chi connectivity index (χ3v) is 3.67. The third-order valence-electron chi connectivity index (χ3n) is 3.67. The number of halogens is 8. The van der Waals surface area contributed by atoms with E-state index in [9.17, 15) is 34.5 Å². The molecule has 0 amide bonds. The number of benzene rings is 1. The van der Waals surface area contributed by atoms with Crippen LogP contribution in [0.2, 0.25) is 0 Å². The van der Waals surface area contributed by atoms with E-state index in [0.717, 1.165) is 19.4 Å². The lowest BCUT2D eigenvalue weighted by atomic mass is 10.1. The van der Waals surface area contributed by atoms with Gasteiger partial charge in [0, 0.05) is 30.7 Å². The molecule has 2 heterocycles. The normalized spacial score (nSPS) is 11.0. The number of hydrogen-bond acceptors (Lipinski definition) is 0. The summed E-state index contributed by atoms with van der Waals surface area (Å²) >= 11 is 0. The zero-order chi connectivity index (χ0) is 23.3. The van der Waals surface area contributed by atoms with Gasteiger partial charge in [-0.05, 0) is 23.1 Å². The zero-order valence-electron chi connectivity index (χ0n) is 16.3. The van der Waals surface area contributed by atoms with E-state index in [2.05, 4.69) is 76.5 Å². The number of H-pyrrole nitrogens is 1. The van der Waals surface area contributed by atoms with Crippen LogP contribution in [0.4, 0.5) is 34.5 Å². The maximum Gasteiger partial charge on any atom is 0.673 e. The van der Waals surface area contributed by atoms with Gasteiger partial charge in [0.15, 0.2) is 24.8 Å². The van der Waals surface area contributed by atoms with Gasteiger partial charge in [0.2, 0.25) is 0 Å². The van der Waals surface area contributed by atoms with Gasteiger partial charge in [-0.3, -0.25) is 0 Å². The minimum Gasteiger partial charge on any atom is -0.418 e. The van der Waals surface area contributed by atoms with E-state index in [1.807, 2.05) is 12.4 Å². The van der Waals surface area contributed by atoms with Crippen LogP contribution in [0.1, 0.15) is 12.0 Å². The van der Waals surface area contributed by atoms with E-state index in [4.69, 9.17) is 0 Å². The number of nitrogens with zero attached hydrogens (tertiary/aromatic N) is 1. The second-order valence-corrected chi connectivity index (χ2v) is 6.19. The summed E-state index contributed by atoms with van der Waals surface area (Å²) in [5, 5.41) is 0. The number of hydrogen-bond donors (Lipinski definition) is 0. The summed E-state index contributed by atoms with van der Waals surface area (Å²) in [5.74, 6) is 0. The smallest absolute Gasteiger partial charge is 0.418 e. The first-order valence-corrected chi connectivity index (χ1v) is 9.16. The second kappa shape index (κ2) is 12.7. The van der Waals surface area contributed by atoms with E-state index in [1.54, 1.807) is 0 Å². The highest BCUT2D eigenvalue weighted by Crippen LogP contribution is 2.15. The monoisotopic (exact) mass is 450 g/mol. The number of pyridine rings is 2. The SMILES string of the molecule is F[B-](F)(F)F.F[B-](F)(F)F.c1ccc(CCC[n+]2ccc(-c3cc[nH+]cc3)cc2)cc1. The Morgan fingerprint density at radius 3 is 1.58 bits per heavy atom. The highest BCUT2D eigenvalue weighted by Gasteiger charge is 2.21. The molecule has 0 bridgehead atoms. The molecule has 0 saturated carbocycles.